The Kier molecular flexibility index (Phi) is 17.7. The van der Waals surface area contributed by atoms with E-state index in [0.717, 1.165) is 33.5 Å². The van der Waals surface area contributed by atoms with Crippen molar-refractivity contribution in [3.63, 3.8) is 0 Å². The van der Waals surface area contributed by atoms with Gasteiger partial charge in [-0.15, -0.1) is 0 Å². The van der Waals surface area contributed by atoms with E-state index >= 15 is 0 Å². The van der Waals surface area contributed by atoms with Gasteiger partial charge in [-0.05, 0) is 59.3 Å². The minimum Gasteiger partial charge on any atom is -0.400 e. The third kappa shape index (κ3) is 31.9. The smallest absolute Gasteiger partial charge is 0.0563 e. The van der Waals surface area contributed by atoms with E-state index in [2.05, 4.69) is 0 Å². The van der Waals surface area contributed by atoms with Gasteiger partial charge in [-0.1, -0.05) is 0 Å². The van der Waals surface area contributed by atoms with Crippen LogP contribution in [0.5, 0.6) is 0 Å². The lowest BCUT2D eigenvalue weighted by Crippen LogP contribution is -2.10. The predicted molar refractivity (Wildman–Crippen MR) is 79.5 cm³/mol. The molecular weight excluding hydrogens is 244 g/mol. The van der Waals surface area contributed by atoms with Gasteiger partial charge in [-0.2, -0.15) is 0 Å². The first-order valence-electron chi connectivity index (χ1n) is 7.33. The summed E-state index contributed by atoms with van der Waals surface area (Å²) < 4.78 is 10.1. The van der Waals surface area contributed by atoms with Gasteiger partial charge in [0.25, 0.3) is 0 Å². The van der Waals surface area contributed by atoms with Crippen LogP contribution < -0.4 is 0 Å². The van der Waals surface area contributed by atoms with Gasteiger partial charge in [-0.25, -0.2) is 0 Å². The Bertz CT molecular complexity index is 106. The first-order valence-corrected chi connectivity index (χ1v) is 7.33. The fourth-order valence-corrected chi connectivity index (χ4v) is 1.37. The molecule has 0 amide bonds. The Morgan fingerprint density at radius 2 is 0.842 bits per heavy atom. The molecule has 0 radical (unpaired) electrons. The monoisotopic (exact) mass is 278 g/mol. The Morgan fingerprint density at radius 3 is 0.895 bits per heavy atom. The molecule has 19 heavy (non-hydrogen) atoms. The predicted octanol–water partition coefficient (Wildman–Crippen LogP) is 2.76. The molecule has 0 spiro atoms. The molecule has 0 aromatic rings. The van der Waals surface area contributed by atoms with Crippen molar-refractivity contribution in [2.45, 2.75) is 64.9 Å². The molecule has 0 atom stereocenters. The van der Waals surface area contributed by atoms with Crippen LogP contribution in [0.1, 0.15) is 59.3 Å². The van der Waals surface area contributed by atoms with Gasteiger partial charge in [0.15, 0.2) is 0 Å². The average Bonchev–Trinajstić information content (AvgIpc) is 2.44. The van der Waals surface area contributed by atoms with Crippen LogP contribution in [0.4, 0.5) is 0 Å². The molecule has 0 bridgehead atoms. The molecule has 0 saturated carbocycles. The molecule has 2 N–H and O–H groups in total. The van der Waals surface area contributed by atoms with Crippen LogP contribution in [0, 0.1) is 0 Å². The second-order valence-electron chi connectivity index (χ2n) is 5.52. The lowest BCUT2D eigenvalue weighted by atomic mass is 10.2. The van der Waals surface area contributed by atoms with E-state index in [1.165, 1.54) is 38.5 Å². The van der Waals surface area contributed by atoms with Gasteiger partial charge >= 0.3 is 0 Å². The van der Waals surface area contributed by atoms with E-state index in [4.69, 9.17) is 19.7 Å². The first kappa shape index (κ1) is 21.1. The van der Waals surface area contributed by atoms with Gasteiger partial charge in [0.05, 0.1) is 5.60 Å². The summed E-state index contributed by atoms with van der Waals surface area (Å²) in [6.45, 7) is 9.23. The highest BCUT2D eigenvalue weighted by atomic mass is 16.5. The number of rotatable bonds is 0. The van der Waals surface area contributed by atoms with E-state index in [-0.39, 0.29) is 0 Å². The molecule has 2 rings (SSSR count). The van der Waals surface area contributed by atoms with Crippen LogP contribution in [0.3, 0.4) is 0 Å². The minimum absolute atomic E-state index is 0.500. The van der Waals surface area contributed by atoms with Gasteiger partial charge in [-0.3, -0.25) is 0 Å². The van der Waals surface area contributed by atoms with E-state index in [1.807, 2.05) is 0 Å². The molecule has 2 fully saturated rings. The molecule has 118 valence electrons. The van der Waals surface area contributed by atoms with Gasteiger partial charge in [0.1, 0.15) is 0 Å². The molecule has 4 heteroatoms. The average molecular weight is 278 g/mol. The largest absolute Gasteiger partial charge is 0.400 e. The van der Waals surface area contributed by atoms with Crippen LogP contribution in [-0.2, 0) is 9.47 Å². The lowest BCUT2D eigenvalue weighted by molar-refractivity contribution is 0.0967. The highest BCUT2D eigenvalue weighted by Crippen LogP contribution is 2.02. The Labute approximate surface area is 119 Å². The third-order valence-electron chi connectivity index (χ3n) is 2.15. The molecular formula is C15H34O4. The molecule has 0 unspecified atom stereocenters. The summed E-state index contributed by atoms with van der Waals surface area (Å²) in [4.78, 5) is 0. The number of hydrogen-bond acceptors (Lipinski definition) is 4. The Morgan fingerprint density at radius 1 is 0.632 bits per heavy atom. The molecule has 2 aliphatic rings. The van der Waals surface area contributed by atoms with Crippen LogP contribution in [0.15, 0.2) is 0 Å². The van der Waals surface area contributed by atoms with Crippen molar-refractivity contribution in [1.29, 1.82) is 0 Å². The number of aliphatic hydroxyl groups is 2. The van der Waals surface area contributed by atoms with E-state index in [1.54, 1.807) is 20.8 Å². The molecule has 2 saturated heterocycles. The SMILES string of the molecule is C1CCOCC1.C1CCOCC1.CC(C)(C)O.CO. The zero-order valence-electron chi connectivity index (χ0n) is 13.3. The topological polar surface area (TPSA) is 58.9 Å². The van der Waals surface area contributed by atoms with Crippen molar-refractivity contribution in [3.8, 4) is 0 Å². The molecule has 0 aliphatic carbocycles. The fraction of sp³-hybridized carbons (Fsp3) is 1.00. The maximum absolute atomic E-state index is 8.52. The Hall–Kier alpha value is -0.160. The normalized spacial score (nSPS) is 18.6. The Balaban J connectivity index is 0. The zero-order valence-corrected chi connectivity index (χ0v) is 13.3. The molecule has 2 aliphatic heterocycles. The van der Waals surface area contributed by atoms with Crippen molar-refractivity contribution in [3.05, 3.63) is 0 Å². The quantitative estimate of drug-likeness (QED) is 0.715. The van der Waals surface area contributed by atoms with Crippen LogP contribution in [0.2, 0.25) is 0 Å². The van der Waals surface area contributed by atoms with Crippen molar-refractivity contribution < 1.29 is 19.7 Å². The second kappa shape index (κ2) is 15.9. The molecule has 2 heterocycles. The van der Waals surface area contributed by atoms with Gasteiger partial charge in [0.2, 0.25) is 0 Å². The van der Waals surface area contributed by atoms with E-state index < -0.39 is 5.60 Å². The van der Waals surface area contributed by atoms with Crippen molar-refractivity contribution >= 4 is 0 Å². The van der Waals surface area contributed by atoms with Crippen molar-refractivity contribution in [1.82, 2.24) is 0 Å². The zero-order chi connectivity index (χ0) is 15.0. The summed E-state index contributed by atoms with van der Waals surface area (Å²) in [5.41, 5.74) is -0.500. The molecule has 0 aromatic carbocycles. The molecule has 4 nitrogen and oxygen atoms in total. The summed E-state index contributed by atoms with van der Waals surface area (Å²) in [6, 6.07) is 0. The van der Waals surface area contributed by atoms with Gasteiger partial charge in [0, 0.05) is 33.5 Å². The van der Waals surface area contributed by atoms with Crippen molar-refractivity contribution in [2.24, 2.45) is 0 Å². The maximum atomic E-state index is 8.52. The summed E-state index contributed by atoms with van der Waals surface area (Å²) in [5, 5.41) is 15.5. The number of hydrogen-bond donors (Lipinski definition) is 2. The second-order valence-corrected chi connectivity index (χ2v) is 5.52. The number of aliphatic hydroxyl groups excluding tert-OH is 1. The molecule has 0 aromatic heterocycles. The first-order chi connectivity index (χ1) is 9.00. The fourth-order valence-electron chi connectivity index (χ4n) is 1.37. The third-order valence-corrected chi connectivity index (χ3v) is 2.15. The van der Waals surface area contributed by atoms with E-state index in [9.17, 15) is 0 Å². The summed E-state index contributed by atoms with van der Waals surface area (Å²) in [5.74, 6) is 0. The van der Waals surface area contributed by atoms with E-state index in [0.29, 0.717) is 0 Å². The van der Waals surface area contributed by atoms with Crippen molar-refractivity contribution in [2.75, 3.05) is 33.5 Å². The van der Waals surface area contributed by atoms with Gasteiger partial charge < -0.3 is 19.7 Å². The summed E-state index contributed by atoms with van der Waals surface area (Å²) in [6.07, 6.45) is 7.86. The maximum Gasteiger partial charge on any atom is 0.0563 e. The highest BCUT2D eigenvalue weighted by molar-refractivity contribution is 4.51. The van der Waals surface area contributed by atoms with Crippen LogP contribution in [0.25, 0.3) is 0 Å². The summed E-state index contributed by atoms with van der Waals surface area (Å²) in [7, 11) is 1.00. The van der Waals surface area contributed by atoms with Crippen LogP contribution >= 0.6 is 0 Å². The minimum atomic E-state index is -0.500. The number of ether oxygens (including phenoxy) is 2. The summed E-state index contributed by atoms with van der Waals surface area (Å²) >= 11 is 0. The highest BCUT2D eigenvalue weighted by Gasteiger charge is 1.98. The van der Waals surface area contributed by atoms with Crippen LogP contribution in [-0.4, -0.2) is 49.4 Å². The standard InChI is InChI=1S/2C5H10O.C4H10O.CH4O/c2*1-2-4-6-5-3-1;1-4(2,3)5;1-2/h2*1-5H2;5H,1-3H3;2H,1H3. The lowest BCUT2D eigenvalue weighted by Gasteiger charge is -2.08.